The van der Waals surface area contributed by atoms with Crippen LogP contribution >= 0.6 is 0 Å². The smallest absolute Gasteiger partial charge is 0.120 e. The van der Waals surface area contributed by atoms with Gasteiger partial charge in [-0.25, -0.2) is 0 Å². The summed E-state index contributed by atoms with van der Waals surface area (Å²) in [4.78, 5) is 4.48. The number of benzene rings is 6. The molecule has 246 valence electrons. The third-order valence-electron chi connectivity index (χ3n) is 8.91. The first kappa shape index (κ1) is 31.5. The molecule has 7 aromatic rings. The van der Waals surface area contributed by atoms with E-state index in [1.165, 1.54) is 11.0 Å². The van der Waals surface area contributed by atoms with Crippen LogP contribution in [0.5, 0.6) is 23.0 Å². The Hall–Kier alpha value is -6.08. The van der Waals surface area contributed by atoms with Crippen LogP contribution in [0.15, 0.2) is 133 Å². The molecule has 0 unspecified atom stereocenters. The van der Waals surface area contributed by atoms with Crippen molar-refractivity contribution < 1.29 is 18.9 Å². The average Bonchev–Trinajstić information content (AvgIpc) is 3.47. The number of nitrogens with zero attached hydrogens (tertiary/aromatic N) is 3. The maximum absolute atomic E-state index is 5.63. The zero-order valence-electron chi connectivity index (χ0n) is 28.4. The molecular formula is C42H39N3O4. The molecule has 0 atom stereocenters. The molecule has 0 spiro atoms. The fraction of sp³-hybridized carbons (Fsp3) is 0.143. The summed E-state index contributed by atoms with van der Waals surface area (Å²) in [5, 5.41) is 2.31. The summed E-state index contributed by atoms with van der Waals surface area (Å²) in [6.07, 6.45) is 0. The lowest BCUT2D eigenvalue weighted by molar-refractivity contribution is 0.414. The van der Waals surface area contributed by atoms with Crippen LogP contribution in [0.4, 0.5) is 34.1 Å². The predicted molar refractivity (Wildman–Crippen MR) is 201 cm³/mol. The zero-order chi connectivity index (χ0) is 33.9. The number of hydrogen-bond acceptors (Lipinski definition) is 6. The molecule has 0 aliphatic carbocycles. The fourth-order valence-corrected chi connectivity index (χ4v) is 6.59. The number of hydrogen-bond donors (Lipinski definition) is 0. The van der Waals surface area contributed by atoms with Crippen molar-refractivity contribution in [3.63, 3.8) is 0 Å². The van der Waals surface area contributed by atoms with E-state index in [1.54, 1.807) is 28.4 Å². The molecule has 0 radical (unpaired) electrons. The lowest BCUT2D eigenvalue weighted by Crippen LogP contribution is -2.10. The van der Waals surface area contributed by atoms with E-state index < -0.39 is 0 Å². The number of fused-ring (bicyclic) bond motifs is 3. The molecule has 0 amide bonds. The lowest BCUT2D eigenvalue weighted by Gasteiger charge is -2.26. The Kier molecular flexibility index (Phi) is 8.73. The van der Waals surface area contributed by atoms with Crippen molar-refractivity contribution in [2.75, 3.05) is 38.2 Å². The highest BCUT2D eigenvalue weighted by atomic mass is 16.5. The van der Waals surface area contributed by atoms with E-state index in [9.17, 15) is 0 Å². The monoisotopic (exact) mass is 649 g/mol. The molecule has 0 saturated heterocycles. The molecule has 49 heavy (non-hydrogen) atoms. The van der Waals surface area contributed by atoms with Gasteiger partial charge in [0, 0.05) is 86.7 Å². The average molecular weight is 650 g/mol. The van der Waals surface area contributed by atoms with Gasteiger partial charge in [-0.1, -0.05) is 24.3 Å². The highest BCUT2D eigenvalue weighted by Crippen LogP contribution is 2.43. The molecule has 1 aromatic heterocycles. The lowest BCUT2D eigenvalue weighted by atomic mass is 10.1. The van der Waals surface area contributed by atoms with Gasteiger partial charge in [0.1, 0.15) is 23.0 Å². The summed E-state index contributed by atoms with van der Waals surface area (Å²) in [6, 6.07) is 45.9. The molecule has 6 aromatic carbocycles. The molecule has 0 saturated carbocycles. The molecule has 1 heterocycles. The van der Waals surface area contributed by atoms with Crippen molar-refractivity contribution in [3.05, 3.63) is 133 Å². The predicted octanol–water partition coefficient (Wildman–Crippen LogP) is 10.8. The van der Waals surface area contributed by atoms with E-state index in [1.807, 2.05) is 48.5 Å². The quantitative estimate of drug-likeness (QED) is 0.139. The fourth-order valence-electron chi connectivity index (χ4n) is 6.59. The second-order valence-electron chi connectivity index (χ2n) is 11.6. The van der Waals surface area contributed by atoms with Crippen molar-refractivity contribution in [2.45, 2.75) is 13.5 Å². The van der Waals surface area contributed by atoms with Crippen molar-refractivity contribution in [1.29, 1.82) is 0 Å². The largest absolute Gasteiger partial charge is 0.497 e. The minimum Gasteiger partial charge on any atom is -0.497 e. The number of rotatable bonds is 11. The number of ether oxygens (including phenoxy) is 4. The van der Waals surface area contributed by atoms with E-state index in [4.69, 9.17) is 18.9 Å². The minimum atomic E-state index is 0.786. The van der Waals surface area contributed by atoms with Crippen LogP contribution in [0.25, 0.3) is 21.8 Å². The summed E-state index contributed by atoms with van der Waals surface area (Å²) < 4.78 is 24.9. The van der Waals surface area contributed by atoms with Crippen molar-refractivity contribution >= 4 is 55.9 Å². The van der Waals surface area contributed by atoms with Crippen LogP contribution in [0.3, 0.4) is 0 Å². The second-order valence-corrected chi connectivity index (χ2v) is 11.6. The van der Waals surface area contributed by atoms with Gasteiger partial charge in [-0.15, -0.1) is 0 Å². The van der Waals surface area contributed by atoms with Gasteiger partial charge in [-0.2, -0.15) is 0 Å². The molecule has 7 heteroatoms. The number of aryl methyl sites for hydroxylation is 1. The molecule has 7 nitrogen and oxygen atoms in total. The van der Waals surface area contributed by atoms with Gasteiger partial charge >= 0.3 is 0 Å². The number of anilines is 6. The Bertz CT molecular complexity index is 2010. The molecule has 0 bridgehead atoms. The van der Waals surface area contributed by atoms with Gasteiger partial charge in [0.2, 0.25) is 0 Å². The standard InChI is InChI=1S/C42H39N3O4/c1-6-43-41-21-19-33(44(29-11-7-15-35(23-29)46-2)30-12-8-16-36(24-30)47-3)27-39(41)40-28-34(20-22-42(40)43)45(31-13-9-17-37(25-31)48-4)32-14-10-18-38(26-32)49-5/h7-28H,6H2,1-5H3. The van der Waals surface area contributed by atoms with Crippen molar-refractivity contribution in [1.82, 2.24) is 4.57 Å². The van der Waals surface area contributed by atoms with E-state index in [-0.39, 0.29) is 0 Å². The van der Waals surface area contributed by atoms with Crippen LogP contribution in [0, 0.1) is 0 Å². The Morgan fingerprint density at radius 1 is 0.408 bits per heavy atom. The summed E-state index contributed by atoms with van der Waals surface area (Å²) in [6.45, 7) is 3.03. The minimum absolute atomic E-state index is 0.786. The van der Waals surface area contributed by atoms with Gasteiger partial charge in [0.25, 0.3) is 0 Å². The number of methoxy groups -OCH3 is 4. The summed E-state index contributed by atoms with van der Waals surface area (Å²) in [5.74, 6) is 3.14. The van der Waals surface area contributed by atoms with Gasteiger partial charge in [0.15, 0.2) is 0 Å². The first-order valence-electron chi connectivity index (χ1n) is 16.3. The Labute approximate surface area is 287 Å². The maximum Gasteiger partial charge on any atom is 0.120 e. The van der Waals surface area contributed by atoms with E-state index in [2.05, 4.69) is 106 Å². The molecule has 0 aliphatic heterocycles. The molecule has 7 rings (SSSR count). The summed E-state index contributed by atoms with van der Waals surface area (Å²) in [5.41, 5.74) is 8.30. The normalized spacial score (nSPS) is 11.0. The van der Waals surface area contributed by atoms with Crippen LogP contribution < -0.4 is 28.7 Å². The maximum atomic E-state index is 5.63. The summed E-state index contributed by atoms with van der Waals surface area (Å²) >= 11 is 0. The molecule has 0 aliphatic rings. The second kappa shape index (κ2) is 13.6. The Morgan fingerprint density at radius 2 is 0.714 bits per heavy atom. The molecule has 0 fully saturated rings. The van der Waals surface area contributed by atoms with E-state index >= 15 is 0 Å². The van der Waals surface area contributed by atoms with Gasteiger partial charge in [-0.05, 0) is 91.9 Å². The van der Waals surface area contributed by atoms with Crippen LogP contribution in [0.2, 0.25) is 0 Å². The van der Waals surface area contributed by atoms with Crippen LogP contribution in [-0.2, 0) is 6.54 Å². The first-order chi connectivity index (χ1) is 24.0. The third kappa shape index (κ3) is 5.95. The van der Waals surface area contributed by atoms with Gasteiger partial charge in [0.05, 0.1) is 28.4 Å². The van der Waals surface area contributed by atoms with Crippen molar-refractivity contribution in [3.8, 4) is 23.0 Å². The third-order valence-corrected chi connectivity index (χ3v) is 8.91. The van der Waals surface area contributed by atoms with Crippen LogP contribution in [0.1, 0.15) is 6.92 Å². The molecular weight excluding hydrogens is 610 g/mol. The van der Waals surface area contributed by atoms with Crippen molar-refractivity contribution in [2.24, 2.45) is 0 Å². The van der Waals surface area contributed by atoms with E-state index in [0.29, 0.717) is 0 Å². The zero-order valence-corrected chi connectivity index (χ0v) is 28.4. The summed E-state index contributed by atoms with van der Waals surface area (Å²) in [7, 11) is 6.77. The van der Waals surface area contributed by atoms with Gasteiger partial charge in [-0.3, -0.25) is 0 Å². The first-order valence-corrected chi connectivity index (χ1v) is 16.3. The van der Waals surface area contributed by atoms with Crippen LogP contribution in [-0.4, -0.2) is 33.0 Å². The Balaban J connectivity index is 1.45. The SMILES string of the molecule is CCn1c2ccc(N(c3cccc(OC)c3)c3cccc(OC)c3)cc2c2cc(N(c3cccc(OC)c3)c3cccc(OC)c3)ccc21. The van der Waals surface area contributed by atoms with E-state index in [0.717, 1.165) is 74.4 Å². The molecule has 0 N–H and O–H groups in total. The Morgan fingerprint density at radius 3 is 1.00 bits per heavy atom. The number of aromatic nitrogens is 1. The highest BCUT2D eigenvalue weighted by Gasteiger charge is 2.20. The van der Waals surface area contributed by atoms with Gasteiger partial charge < -0.3 is 33.3 Å². The topological polar surface area (TPSA) is 48.3 Å². The highest BCUT2D eigenvalue weighted by molar-refractivity contribution is 6.11.